The molecule has 2 aromatic heterocycles. The number of carbonyl (C=O) groups is 1. The maximum atomic E-state index is 13.2. The molecule has 2 heterocycles. The van der Waals surface area contributed by atoms with Gasteiger partial charge >= 0.3 is 0 Å². The summed E-state index contributed by atoms with van der Waals surface area (Å²) in [6.07, 6.45) is 1.44. The lowest BCUT2D eigenvalue weighted by Crippen LogP contribution is -2.27. The normalized spacial score (nSPS) is 11.1. The lowest BCUT2D eigenvalue weighted by molar-refractivity contribution is -0.116. The molecule has 5 nitrogen and oxygen atoms in total. The van der Waals surface area contributed by atoms with Gasteiger partial charge in [0.05, 0.1) is 17.4 Å². The minimum Gasteiger partial charge on any atom is -0.324 e. The van der Waals surface area contributed by atoms with Gasteiger partial charge in [-0.3, -0.25) is 14.2 Å². The number of nitrogens with zero attached hydrogens (tertiary/aromatic N) is 2. The molecule has 0 bridgehead atoms. The van der Waals surface area contributed by atoms with Gasteiger partial charge in [0.1, 0.15) is 11.4 Å². The summed E-state index contributed by atoms with van der Waals surface area (Å²) in [6, 6.07) is 21.6. The first-order valence-electron chi connectivity index (χ1n) is 9.60. The van der Waals surface area contributed by atoms with Crippen LogP contribution in [0.25, 0.3) is 32.1 Å². The van der Waals surface area contributed by atoms with Crippen molar-refractivity contribution in [2.24, 2.45) is 0 Å². The molecule has 0 aliphatic heterocycles. The van der Waals surface area contributed by atoms with Crippen molar-refractivity contribution in [3.8, 4) is 11.1 Å². The fourth-order valence-electron chi connectivity index (χ4n) is 3.56. The molecule has 0 aliphatic carbocycles. The highest BCUT2D eigenvalue weighted by Gasteiger charge is 2.15. The van der Waals surface area contributed by atoms with Crippen molar-refractivity contribution in [3.63, 3.8) is 0 Å². The third kappa shape index (κ3) is 3.78. The zero-order valence-electron chi connectivity index (χ0n) is 16.2. The summed E-state index contributed by atoms with van der Waals surface area (Å²) < 4.78 is 2.13. The highest BCUT2D eigenvalue weighted by atomic mass is 79.9. The van der Waals surface area contributed by atoms with Crippen LogP contribution in [-0.4, -0.2) is 15.5 Å². The number of amides is 1. The van der Waals surface area contributed by atoms with E-state index in [1.54, 1.807) is 6.07 Å². The summed E-state index contributed by atoms with van der Waals surface area (Å²) in [6.45, 7) is -0.115. The summed E-state index contributed by atoms with van der Waals surface area (Å²) in [4.78, 5) is 30.9. The van der Waals surface area contributed by atoms with Gasteiger partial charge in [-0.15, -0.1) is 11.3 Å². The van der Waals surface area contributed by atoms with E-state index in [1.807, 2.05) is 47.8 Å². The Morgan fingerprint density at radius 3 is 2.65 bits per heavy atom. The molecule has 5 rings (SSSR count). The van der Waals surface area contributed by atoms with E-state index in [0.717, 1.165) is 26.4 Å². The third-order valence-electron chi connectivity index (χ3n) is 5.08. The first-order valence-corrected chi connectivity index (χ1v) is 11.3. The van der Waals surface area contributed by atoms with Crippen molar-refractivity contribution in [2.45, 2.75) is 6.54 Å². The molecule has 0 spiro atoms. The Morgan fingerprint density at radius 2 is 1.81 bits per heavy atom. The Morgan fingerprint density at radius 1 is 1.03 bits per heavy atom. The maximum Gasteiger partial charge on any atom is 0.263 e. The second-order valence-electron chi connectivity index (χ2n) is 7.10. The van der Waals surface area contributed by atoms with Crippen LogP contribution in [0, 0.1) is 0 Å². The van der Waals surface area contributed by atoms with E-state index in [9.17, 15) is 9.59 Å². The number of para-hydroxylation sites is 1. The molecule has 0 saturated heterocycles. The van der Waals surface area contributed by atoms with Gasteiger partial charge in [0, 0.05) is 15.4 Å². The maximum absolute atomic E-state index is 13.2. The molecular weight excluding hydrogens is 474 g/mol. The smallest absolute Gasteiger partial charge is 0.263 e. The minimum absolute atomic E-state index is 0.115. The predicted octanol–water partition coefficient (Wildman–Crippen LogP) is 5.68. The van der Waals surface area contributed by atoms with E-state index in [1.165, 1.54) is 22.2 Å². The van der Waals surface area contributed by atoms with E-state index in [2.05, 4.69) is 44.4 Å². The molecule has 0 fully saturated rings. The number of hydrogen-bond acceptors (Lipinski definition) is 4. The molecule has 31 heavy (non-hydrogen) atoms. The van der Waals surface area contributed by atoms with Crippen LogP contribution in [0.3, 0.4) is 0 Å². The molecule has 3 aromatic carbocycles. The fourth-order valence-corrected chi connectivity index (χ4v) is 4.85. The molecule has 7 heteroatoms. The number of rotatable bonds is 4. The van der Waals surface area contributed by atoms with E-state index in [4.69, 9.17) is 0 Å². The van der Waals surface area contributed by atoms with Crippen LogP contribution in [-0.2, 0) is 11.3 Å². The highest BCUT2D eigenvalue weighted by Crippen LogP contribution is 2.32. The second kappa shape index (κ2) is 8.09. The quantitative estimate of drug-likeness (QED) is 0.353. The fraction of sp³-hybridized carbons (Fsp3) is 0.0417. The first kappa shape index (κ1) is 19.7. The van der Waals surface area contributed by atoms with E-state index in [0.29, 0.717) is 15.9 Å². The number of carbonyl (C=O) groups excluding carboxylic acids is 1. The molecule has 0 radical (unpaired) electrons. The zero-order chi connectivity index (χ0) is 21.4. The summed E-state index contributed by atoms with van der Waals surface area (Å²) in [7, 11) is 0. The van der Waals surface area contributed by atoms with Crippen LogP contribution in [0.2, 0.25) is 0 Å². The number of fused-ring (bicyclic) bond motifs is 2. The number of benzene rings is 3. The molecule has 1 N–H and O–H groups in total. The third-order valence-corrected chi connectivity index (χ3v) is 6.66. The van der Waals surface area contributed by atoms with Crippen molar-refractivity contribution < 1.29 is 4.79 Å². The molecule has 1 amide bonds. The lowest BCUT2D eigenvalue weighted by atomic mass is 10.0. The van der Waals surface area contributed by atoms with Crippen molar-refractivity contribution in [1.82, 2.24) is 9.55 Å². The van der Waals surface area contributed by atoms with Crippen LogP contribution < -0.4 is 10.9 Å². The topological polar surface area (TPSA) is 64.0 Å². The van der Waals surface area contributed by atoms with Gasteiger partial charge in [0.2, 0.25) is 5.91 Å². The number of halogens is 1. The van der Waals surface area contributed by atoms with Gasteiger partial charge in [-0.25, -0.2) is 4.98 Å². The Balaban J connectivity index is 1.51. The van der Waals surface area contributed by atoms with E-state index >= 15 is 0 Å². The Bertz CT molecular complexity index is 1510. The summed E-state index contributed by atoms with van der Waals surface area (Å²) in [5.74, 6) is -0.294. The van der Waals surface area contributed by atoms with E-state index in [-0.39, 0.29) is 18.0 Å². The van der Waals surface area contributed by atoms with Gasteiger partial charge in [-0.05, 0) is 50.5 Å². The summed E-state index contributed by atoms with van der Waals surface area (Å²) in [5, 5.41) is 7.57. The Kier molecular flexibility index (Phi) is 5.13. The monoisotopic (exact) mass is 489 g/mol. The first-order chi connectivity index (χ1) is 15.1. The zero-order valence-corrected chi connectivity index (χ0v) is 18.6. The van der Waals surface area contributed by atoms with Gasteiger partial charge < -0.3 is 5.32 Å². The molecule has 0 aliphatic rings. The average molecular weight is 490 g/mol. The number of hydrogen-bond donors (Lipinski definition) is 1. The lowest BCUT2D eigenvalue weighted by Gasteiger charge is -2.09. The molecule has 0 unspecified atom stereocenters. The Labute approximate surface area is 190 Å². The van der Waals surface area contributed by atoms with Crippen molar-refractivity contribution >= 4 is 59.9 Å². The SMILES string of the molecule is O=C(Cn1cnc2scc(-c3ccc4ccccc4c3)c2c1=O)Nc1ccccc1Br. The average Bonchev–Trinajstić information content (AvgIpc) is 3.22. The van der Waals surface area contributed by atoms with E-state index < -0.39 is 0 Å². The molecule has 152 valence electrons. The van der Waals surface area contributed by atoms with Gasteiger partial charge in [-0.2, -0.15) is 0 Å². The van der Waals surface area contributed by atoms with Crippen LogP contribution in [0.5, 0.6) is 0 Å². The number of nitrogens with one attached hydrogen (secondary N) is 1. The second-order valence-corrected chi connectivity index (χ2v) is 8.81. The van der Waals surface area contributed by atoms with Crippen LogP contribution >= 0.6 is 27.3 Å². The molecular formula is C24H16BrN3O2S. The predicted molar refractivity (Wildman–Crippen MR) is 130 cm³/mol. The van der Waals surface area contributed by atoms with Crippen LogP contribution in [0.4, 0.5) is 5.69 Å². The summed E-state index contributed by atoms with van der Waals surface area (Å²) >= 11 is 4.84. The number of thiophene rings is 1. The highest BCUT2D eigenvalue weighted by molar-refractivity contribution is 9.10. The largest absolute Gasteiger partial charge is 0.324 e. The minimum atomic E-state index is -0.294. The number of aromatic nitrogens is 2. The van der Waals surface area contributed by atoms with Gasteiger partial charge in [0.25, 0.3) is 5.56 Å². The van der Waals surface area contributed by atoms with Crippen molar-refractivity contribution in [2.75, 3.05) is 5.32 Å². The number of anilines is 1. The summed E-state index contributed by atoms with van der Waals surface area (Å²) in [5.41, 5.74) is 2.22. The molecule has 5 aromatic rings. The molecule has 0 saturated carbocycles. The van der Waals surface area contributed by atoms with Gasteiger partial charge in [-0.1, -0.05) is 48.5 Å². The Hall–Kier alpha value is -3.29. The van der Waals surface area contributed by atoms with Crippen molar-refractivity contribution in [1.29, 1.82) is 0 Å². The standard InChI is InChI=1S/C24H16BrN3O2S/c25-19-7-3-4-8-20(19)27-21(29)12-28-14-26-23-22(24(28)30)18(13-31-23)17-10-9-15-5-1-2-6-16(15)11-17/h1-11,13-14H,12H2,(H,27,29). The van der Waals surface area contributed by atoms with Gasteiger partial charge in [0.15, 0.2) is 0 Å². The van der Waals surface area contributed by atoms with Crippen LogP contribution in [0.15, 0.2) is 87.7 Å². The van der Waals surface area contributed by atoms with Crippen LogP contribution in [0.1, 0.15) is 0 Å². The van der Waals surface area contributed by atoms with Crippen molar-refractivity contribution in [3.05, 3.63) is 93.3 Å². The molecule has 0 atom stereocenters.